The van der Waals surface area contributed by atoms with Crippen molar-refractivity contribution in [1.82, 2.24) is 10.2 Å². The lowest BCUT2D eigenvalue weighted by molar-refractivity contribution is -0.154. The molecular formula is C17H19F2N3O3. The van der Waals surface area contributed by atoms with Crippen molar-refractivity contribution in [3.63, 3.8) is 0 Å². The number of halogens is 2. The molecular weight excluding hydrogens is 332 g/mol. The van der Waals surface area contributed by atoms with Gasteiger partial charge in [0.2, 0.25) is 0 Å². The second-order valence-electron chi connectivity index (χ2n) is 5.76. The number of H-pyrrole nitrogens is 1. The average molecular weight is 351 g/mol. The third-order valence-electron chi connectivity index (χ3n) is 3.82. The molecule has 1 aromatic heterocycles. The number of amides is 1. The maximum Gasteiger partial charge on any atom is 0.314 e. The van der Waals surface area contributed by atoms with Crippen LogP contribution in [0.3, 0.4) is 0 Å². The van der Waals surface area contributed by atoms with E-state index >= 15 is 0 Å². The number of carbonyl (C=O) groups excluding carboxylic acids is 2. The number of benzene rings is 1. The second kappa shape index (κ2) is 7.42. The Morgan fingerprint density at radius 1 is 1.24 bits per heavy atom. The van der Waals surface area contributed by atoms with E-state index in [-0.39, 0.29) is 5.69 Å². The molecule has 0 saturated carbocycles. The molecule has 0 aliphatic carbocycles. The molecule has 2 aromatic rings. The molecule has 0 unspecified atom stereocenters. The predicted molar refractivity (Wildman–Crippen MR) is 87.0 cm³/mol. The number of ether oxygens (including phenoxy) is 1. The molecule has 6 nitrogen and oxygen atoms in total. The van der Waals surface area contributed by atoms with Gasteiger partial charge in [-0.2, -0.15) is 5.10 Å². The highest BCUT2D eigenvalue weighted by Gasteiger charge is 2.26. The number of rotatable bonds is 5. The highest BCUT2D eigenvalue weighted by Crippen LogP contribution is 2.23. The van der Waals surface area contributed by atoms with Gasteiger partial charge in [0.15, 0.2) is 6.10 Å². The fourth-order valence-corrected chi connectivity index (χ4v) is 2.47. The third kappa shape index (κ3) is 4.20. The summed E-state index contributed by atoms with van der Waals surface area (Å²) in [5.41, 5.74) is 1.79. The van der Waals surface area contributed by atoms with Crippen LogP contribution < -0.4 is 5.32 Å². The maximum atomic E-state index is 13.6. The first kappa shape index (κ1) is 18.6. The molecule has 2 N–H and O–H groups in total. The van der Waals surface area contributed by atoms with Crippen LogP contribution in [0.1, 0.15) is 36.7 Å². The average Bonchev–Trinajstić information content (AvgIpc) is 2.88. The van der Waals surface area contributed by atoms with Crippen LogP contribution in [0.5, 0.6) is 0 Å². The molecule has 1 amide bonds. The largest absolute Gasteiger partial charge is 0.452 e. The first-order valence-electron chi connectivity index (χ1n) is 7.68. The van der Waals surface area contributed by atoms with Gasteiger partial charge in [-0.3, -0.25) is 14.7 Å². The summed E-state index contributed by atoms with van der Waals surface area (Å²) in [6.45, 7) is 6.53. The minimum atomic E-state index is -1.18. The number of nitrogens with one attached hydrogen (secondary N) is 2. The van der Waals surface area contributed by atoms with E-state index in [2.05, 4.69) is 15.5 Å². The molecule has 0 aliphatic rings. The summed E-state index contributed by atoms with van der Waals surface area (Å²) in [5, 5.41) is 9.00. The van der Waals surface area contributed by atoms with E-state index in [0.29, 0.717) is 11.3 Å². The van der Waals surface area contributed by atoms with Crippen molar-refractivity contribution in [3.8, 4) is 0 Å². The Labute approximate surface area is 143 Å². The van der Waals surface area contributed by atoms with Gasteiger partial charge < -0.3 is 10.1 Å². The van der Waals surface area contributed by atoms with Crippen LogP contribution in [-0.4, -0.2) is 28.2 Å². The van der Waals surface area contributed by atoms with Gasteiger partial charge >= 0.3 is 5.97 Å². The van der Waals surface area contributed by atoms with Gasteiger partial charge in [-0.1, -0.05) is 0 Å². The number of carbonyl (C=O) groups is 2. The van der Waals surface area contributed by atoms with E-state index in [1.807, 2.05) is 0 Å². The van der Waals surface area contributed by atoms with Gasteiger partial charge in [0, 0.05) is 17.3 Å². The number of hydrogen-bond donors (Lipinski definition) is 2. The number of hydrogen-bond acceptors (Lipinski definition) is 4. The highest BCUT2D eigenvalue weighted by molar-refractivity contribution is 5.95. The smallest absolute Gasteiger partial charge is 0.314 e. The Hall–Kier alpha value is -2.77. The quantitative estimate of drug-likeness (QED) is 0.811. The van der Waals surface area contributed by atoms with E-state index in [9.17, 15) is 18.4 Å². The summed E-state index contributed by atoms with van der Waals surface area (Å²) in [7, 11) is 0. The summed E-state index contributed by atoms with van der Waals surface area (Å²) in [6, 6.07) is 2.68. The van der Waals surface area contributed by atoms with E-state index in [4.69, 9.17) is 4.74 Å². The molecule has 0 radical (unpaired) electrons. The second-order valence-corrected chi connectivity index (χ2v) is 5.76. The number of esters is 1. The number of aromatic amines is 1. The van der Waals surface area contributed by atoms with Gasteiger partial charge in [-0.25, -0.2) is 8.78 Å². The number of aryl methyl sites for hydroxylation is 2. The van der Waals surface area contributed by atoms with Gasteiger partial charge in [0.1, 0.15) is 11.6 Å². The topological polar surface area (TPSA) is 84.1 Å². The molecule has 0 aliphatic heterocycles. The summed E-state index contributed by atoms with van der Waals surface area (Å²) >= 11 is 0. The van der Waals surface area contributed by atoms with Crippen LogP contribution in [-0.2, 0) is 14.3 Å². The molecule has 2 atom stereocenters. The van der Waals surface area contributed by atoms with Crippen molar-refractivity contribution in [2.75, 3.05) is 5.32 Å². The van der Waals surface area contributed by atoms with Crippen molar-refractivity contribution >= 4 is 17.6 Å². The predicted octanol–water partition coefficient (Wildman–Crippen LogP) is 2.98. The molecule has 134 valence electrons. The monoisotopic (exact) mass is 351 g/mol. The fraction of sp³-hybridized carbons (Fsp3) is 0.353. The zero-order chi connectivity index (χ0) is 18.7. The maximum absolute atomic E-state index is 13.6. The Morgan fingerprint density at radius 2 is 1.92 bits per heavy atom. The van der Waals surface area contributed by atoms with Gasteiger partial charge in [-0.05, 0) is 39.8 Å². The Balaban J connectivity index is 2.03. The summed E-state index contributed by atoms with van der Waals surface area (Å²) in [6.07, 6.45) is -1.18. The van der Waals surface area contributed by atoms with Crippen LogP contribution in [0, 0.1) is 25.5 Å². The van der Waals surface area contributed by atoms with Crippen molar-refractivity contribution in [2.24, 2.45) is 0 Å². The lowest BCUT2D eigenvalue weighted by Crippen LogP contribution is -2.31. The summed E-state index contributed by atoms with van der Waals surface area (Å²) in [5.74, 6) is -3.48. The minimum absolute atomic E-state index is 0.317. The summed E-state index contributed by atoms with van der Waals surface area (Å²) < 4.78 is 31.8. The SMILES string of the molecule is Cc1n[nH]c(C)c1[C@H](C)C(=O)O[C@H](C)C(=O)Nc1cc(F)ccc1F. The standard InChI is InChI=1S/C17H19F2N3O3/c1-8(15-9(2)21-22-10(15)3)17(24)25-11(4)16(23)20-14-7-12(18)5-6-13(14)19/h5-8,11H,1-4H3,(H,20,23)(H,21,22)/t8-,11+/m0/s1. The molecule has 0 bridgehead atoms. The molecule has 1 aromatic carbocycles. The molecule has 25 heavy (non-hydrogen) atoms. The van der Waals surface area contributed by atoms with E-state index in [1.165, 1.54) is 6.92 Å². The zero-order valence-corrected chi connectivity index (χ0v) is 14.3. The number of anilines is 1. The molecule has 1 heterocycles. The molecule has 0 saturated heterocycles. The van der Waals surface area contributed by atoms with Crippen LogP contribution in [0.2, 0.25) is 0 Å². The first-order valence-corrected chi connectivity index (χ1v) is 7.68. The van der Waals surface area contributed by atoms with Crippen LogP contribution in [0.15, 0.2) is 18.2 Å². The van der Waals surface area contributed by atoms with Crippen LogP contribution >= 0.6 is 0 Å². The first-order chi connectivity index (χ1) is 11.7. The lowest BCUT2D eigenvalue weighted by Gasteiger charge is -2.17. The molecule has 0 spiro atoms. The van der Waals surface area contributed by atoms with Gasteiger partial charge in [-0.15, -0.1) is 0 Å². The van der Waals surface area contributed by atoms with Crippen LogP contribution in [0.25, 0.3) is 0 Å². The Kier molecular flexibility index (Phi) is 5.51. The highest BCUT2D eigenvalue weighted by atomic mass is 19.1. The van der Waals surface area contributed by atoms with Crippen molar-refractivity contribution < 1.29 is 23.1 Å². The van der Waals surface area contributed by atoms with Crippen molar-refractivity contribution in [2.45, 2.75) is 39.7 Å². The molecule has 8 heteroatoms. The minimum Gasteiger partial charge on any atom is -0.452 e. The molecule has 0 fully saturated rings. The van der Waals surface area contributed by atoms with Crippen molar-refractivity contribution in [3.05, 3.63) is 46.8 Å². The zero-order valence-electron chi connectivity index (χ0n) is 14.3. The normalized spacial score (nSPS) is 13.2. The Bertz CT molecular complexity index is 785. The number of nitrogens with zero attached hydrogens (tertiary/aromatic N) is 1. The van der Waals surface area contributed by atoms with E-state index < -0.39 is 35.5 Å². The number of aromatic nitrogens is 2. The van der Waals surface area contributed by atoms with E-state index in [1.54, 1.807) is 20.8 Å². The molecule has 2 rings (SSSR count). The van der Waals surface area contributed by atoms with Gasteiger partial charge in [0.05, 0.1) is 17.3 Å². The van der Waals surface area contributed by atoms with Crippen molar-refractivity contribution in [1.29, 1.82) is 0 Å². The summed E-state index contributed by atoms with van der Waals surface area (Å²) in [4.78, 5) is 24.3. The van der Waals surface area contributed by atoms with E-state index in [0.717, 1.165) is 23.9 Å². The van der Waals surface area contributed by atoms with Gasteiger partial charge in [0.25, 0.3) is 5.91 Å². The Morgan fingerprint density at radius 3 is 2.52 bits per heavy atom. The fourth-order valence-electron chi connectivity index (χ4n) is 2.47. The lowest BCUT2D eigenvalue weighted by atomic mass is 9.99. The van der Waals surface area contributed by atoms with Crippen LogP contribution in [0.4, 0.5) is 14.5 Å². The third-order valence-corrected chi connectivity index (χ3v) is 3.82.